The Bertz CT molecular complexity index is 1040. The van der Waals surface area contributed by atoms with Crippen LogP contribution >= 0.6 is 0 Å². The fraction of sp³-hybridized carbons (Fsp3) is 0.524. The van der Waals surface area contributed by atoms with Crippen LogP contribution < -0.4 is 4.90 Å². The van der Waals surface area contributed by atoms with Crippen LogP contribution in [0.2, 0.25) is 0 Å². The number of anilines is 1. The lowest BCUT2D eigenvalue weighted by molar-refractivity contribution is -0.140. The van der Waals surface area contributed by atoms with E-state index in [1.165, 1.54) is 0 Å². The summed E-state index contributed by atoms with van der Waals surface area (Å²) in [7, 11) is -3.08. The van der Waals surface area contributed by atoms with Crippen molar-refractivity contribution < 1.29 is 22.7 Å². The van der Waals surface area contributed by atoms with Crippen LogP contribution in [0.15, 0.2) is 30.4 Å². The van der Waals surface area contributed by atoms with Gasteiger partial charge in [-0.2, -0.15) is 0 Å². The molecule has 29 heavy (non-hydrogen) atoms. The van der Waals surface area contributed by atoms with E-state index in [1.807, 2.05) is 44.2 Å². The van der Waals surface area contributed by atoms with Crippen LogP contribution in [0, 0.1) is 25.7 Å². The second-order valence-corrected chi connectivity index (χ2v) is 10.9. The second-order valence-electron chi connectivity index (χ2n) is 8.57. The molecule has 0 aromatic heterocycles. The molecule has 4 atom stereocenters. The van der Waals surface area contributed by atoms with E-state index < -0.39 is 33.4 Å². The Kier molecular flexibility index (Phi) is 3.99. The highest BCUT2D eigenvalue weighted by Crippen LogP contribution is 2.53. The summed E-state index contributed by atoms with van der Waals surface area (Å²) in [6.45, 7) is 4.80. The molecule has 7 nitrogen and oxygen atoms in total. The first-order chi connectivity index (χ1) is 13.7. The minimum absolute atomic E-state index is 0.0225. The molecule has 1 aromatic rings. The van der Waals surface area contributed by atoms with E-state index in [0.29, 0.717) is 6.54 Å². The van der Waals surface area contributed by atoms with Crippen molar-refractivity contribution in [2.45, 2.75) is 25.6 Å². The largest absolute Gasteiger partial charge is 0.360 e. The molecular formula is C21H24N2O5S. The zero-order valence-electron chi connectivity index (χ0n) is 16.5. The van der Waals surface area contributed by atoms with Gasteiger partial charge in [-0.25, -0.2) is 8.42 Å². The molecule has 1 spiro atoms. The molecule has 0 saturated carbocycles. The molecule has 4 heterocycles. The van der Waals surface area contributed by atoms with Crippen molar-refractivity contribution in [3.8, 4) is 0 Å². The number of carbonyl (C=O) groups excluding carboxylic acids is 2. The molecule has 0 radical (unpaired) electrons. The predicted octanol–water partition coefficient (Wildman–Crippen LogP) is 0.847. The van der Waals surface area contributed by atoms with Gasteiger partial charge < -0.3 is 14.5 Å². The second kappa shape index (κ2) is 6.15. The van der Waals surface area contributed by atoms with Gasteiger partial charge in [0.2, 0.25) is 11.8 Å². The van der Waals surface area contributed by atoms with E-state index in [2.05, 4.69) is 0 Å². The summed E-state index contributed by atoms with van der Waals surface area (Å²) < 4.78 is 29.6. The van der Waals surface area contributed by atoms with Crippen molar-refractivity contribution >= 4 is 27.3 Å². The minimum atomic E-state index is -3.08. The summed E-state index contributed by atoms with van der Waals surface area (Å²) >= 11 is 0. The lowest BCUT2D eigenvalue weighted by Gasteiger charge is -2.32. The smallest absolute Gasteiger partial charge is 0.234 e. The molecule has 0 N–H and O–H groups in total. The third-order valence-corrected chi connectivity index (χ3v) is 8.45. The summed E-state index contributed by atoms with van der Waals surface area (Å²) in [6, 6.07) is 5.92. The molecule has 3 saturated heterocycles. The van der Waals surface area contributed by atoms with Crippen molar-refractivity contribution in [3.05, 3.63) is 41.5 Å². The van der Waals surface area contributed by atoms with Gasteiger partial charge in [-0.1, -0.05) is 18.2 Å². The Morgan fingerprint density at radius 3 is 2.59 bits per heavy atom. The number of ether oxygens (including phenoxy) is 1. The first kappa shape index (κ1) is 18.8. The number of benzene rings is 1. The van der Waals surface area contributed by atoms with Crippen LogP contribution in [0.25, 0.3) is 0 Å². The Balaban J connectivity index is 1.44. The Morgan fingerprint density at radius 1 is 1.17 bits per heavy atom. The number of aryl methyl sites for hydroxylation is 2. The summed E-state index contributed by atoms with van der Waals surface area (Å²) in [5.41, 5.74) is 2.30. The molecule has 2 bridgehead atoms. The number of hydrogen-bond acceptors (Lipinski definition) is 5. The van der Waals surface area contributed by atoms with Crippen molar-refractivity contribution in [1.29, 1.82) is 0 Å². The Labute approximate surface area is 170 Å². The van der Waals surface area contributed by atoms with Crippen LogP contribution in [-0.2, 0) is 24.2 Å². The topological polar surface area (TPSA) is 84.0 Å². The predicted molar refractivity (Wildman–Crippen MR) is 107 cm³/mol. The zero-order chi connectivity index (χ0) is 20.6. The van der Waals surface area contributed by atoms with Crippen LogP contribution in [0.3, 0.4) is 0 Å². The third kappa shape index (κ3) is 2.76. The first-order valence-corrected chi connectivity index (χ1v) is 11.8. The summed E-state index contributed by atoms with van der Waals surface area (Å²) in [6.07, 6.45) is 3.40. The lowest BCUT2D eigenvalue weighted by Crippen LogP contribution is -2.50. The zero-order valence-corrected chi connectivity index (χ0v) is 17.3. The maximum Gasteiger partial charge on any atom is 0.234 e. The highest BCUT2D eigenvalue weighted by Gasteiger charge is 2.67. The van der Waals surface area contributed by atoms with Gasteiger partial charge in [0.05, 0.1) is 36.0 Å². The van der Waals surface area contributed by atoms with Gasteiger partial charge in [-0.3, -0.25) is 9.59 Å². The summed E-state index contributed by atoms with van der Waals surface area (Å²) in [5.74, 6) is -1.47. The molecule has 8 heteroatoms. The standard InChI is InChI=1S/C21H24N2O5S/c1-13-3-4-15(11-14(13)2)23-12-21-6-5-16(28-21)17(18(21)20(23)25)19(24)22-7-9-29(26,27)10-8-22/h3-6,11,16-18H,7-10,12H2,1-2H3/t16-,17-,18-,21-/m0/s1. The third-order valence-electron chi connectivity index (χ3n) is 6.84. The average Bonchev–Trinajstić information content (AvgIpc) is 3.32. The highest BCUT2D eigenvalue weighted by atomic mass is 32.2. The van der Waals surface area contributed by atoms with Gasteiger partial charge in [0.25, 0.3) is 0 Å². The maximum atomic E-state index is 13.4. The first-order valence-electron chi connectivity index (χ1n) is 9.96. The van der Waals surface area contributed by atoms with Crippen molar-refractivity contribution in [2.24, 2.45) is 11.8 Å². The molecule has 0 aliphatic carbocycles. The van der Waals surface area contributed by atoms with E-state index in [1.54, 1.807) is 9.80 Å². The molecule has 4 aliphatic rings. The SMILES string of the molecule is Cc1ccc(N2C[C@]34C=C[C@H](O3)[C@H](C(=O)N3CCS(=O)(=O)CC3)[C@H]4C2=O)cc1C. The van der Waals surface area contributed by atoms with E-state index >= 15 is 0 Å². The minimum Gasteiger partial charge on any atom is -0.360 e. The average molecular weight is 416 g/mol. The normalized spacial score (nSPS) is 34.7. The van der Waals surface area contributed by atoms with Crippen LogP contribution in [0.1, 0.15) is 11.1 Å². The van der Waals surface area contributed by atoms with Crippen molar-refractivity contribution in [2.75, 3.05) is 36.0 Å². The molecule has 1 aromatic carbocycles. The van der Waals surface area contributed by atoms with Crippen LogP contribution in [0.4, 0.5) is 5.69 Å². The van der Waals surface area contributed by atoms with Gasteiger partial charge in [-0.15, -0.1) is 0 Å². The Morgan fingerprint density at radius 2 is 1.90 bits per heavy atom. The van der Waals surface area contributed by atoms with Gasteiger partial charge in [-0.05, 0) is 37.1 Å². The van der Waals surface area contributed by atoms with E-state index in [9.17, 15) is 18.0 Å². The van der Waals surface area contributed by atoms with Crippen LogP contribution in [-0.4, -0.2) is 68.0 Å². The number of nitrogens with zero attached hydrogens (tertiary/aromatic N) is 2. The lowest BCUT2D eigenvalue weighted by atomic mass is 9.76. The van der Waals surface area contributed by atoms with E-state index in [-0.39, 0.29) is 36.4 Å². The van der Waals surface area contributed by atoms with Gasteiger partial charge >= 0.3 is 0 Å². The number of carbonyl (C=O) groups is 2. The maximum absolute atomic E-state index is 13.4. The summed E-state index contributed by atoms with van der Waals surface area (Å²) in [4.78, 5) is 30.0. The number of amides is 2. The molecular weight excluding hydrogens is 392 g/mol. The van der Waals surface area contributed by atoms with E-state index in [4.69, 9.17) is 4.74 Å². The number of hydrogen-bond donors (Lipinski definition) is 0. The summed E-state index contributed by atoms with van der Waals surface area (Å²) in [5, 5.41) is 0. The molecule has 3 fully saturated rings. The number of sulfone groups is 1. The quantitative estimate of drug-likeness (QED) is 0.668. The highest BCUT2D eigenvalue weighted by molar-refractivity contribution is 7.91. The van der Waals surface area contributed by atoms with E-state index in [0.717, 1.165) is 16.8 Å². The Hall–Kier alpha value is -2.19. The fourth-order valence-electron chi connectivity index (χ4n) is 5.04. The monoisotopic (exact) mass is 416 g/mol. The molecule has 0 unspecified atom stereocenters. The molecule has 4 aliphatic heterocycles. The van der Waals surface area contributed by atoms with Gasteiger partial charge in [0.15, 0.2) is 9.84 Å². The molecule has 2 amide bonds. The van der Waals surface area contributed by atoms with Crippen molar-refractivity contribution in [1.82, 2.24) is 4.90 Å². The van der Waals surface area contributed by atoms with Crippen molar-refractivity contribution in [3.63, 3.8) is 0 Å². The fourth-order valence-corrected chi connectivity index (χ4v) is 6.24. The molecule has 154 valence electrons. The van der Waals surface area contributed by atoms with Gasteiger partial charge in [0, 0.05) is 18.8 Å². The van der Waals surface area contributed by atoms with Crippen LogP contribution in [0.5, 0.6) is 0 Å². The van der Waals surface area contributed by atoms with Gasteiger partial charge in [0.1, 0.15) is 5.60 Å². The number of rotatable bonds is 2. The molecule has 5 rings (SSSR count). The number of fused-ring (bicyclic) bond motifs is 1.